The molecule has 5 nitrogen and oxygen atoms in total. The Bertz CT molecular complexity index is 782. The predicted octanol–water partition coefficient (Wildman–Crippen LogP) is 4.94. The van der Waals surface area contributed by atoms with Gasteiger partial charge in [0.15, 0.2) is 11.5 Å². The highest BCUT2D eigenvalue weighted by Gasteiger charge is 2.12. The van der Waals surface area contributed by atoms with E-state index in [-0.39, 0.29) is 10.6 Å². The van der Waals surface area contributed by atoms with Gasteiger partial charge in [-0.25, -0.2) is 0 Å². The second-order valence-electron chi connectivity index (χ2n) is 5.98. The Kier molecular flexibility index (Phi) is 6.84. The van der Waals surface area contributed by atoms with E-state index in [0.29, 0.717) is 11.5 Å². The van der Waals surface area contributed by atoms with Crippen LogP contribution in [0.1, 0.15) is 44.6 Å². The van der Waals surface area contributed by atoms with Crippen LogP contribution in [-0.4, -0.2) is 18.1 Å². The van der Waals surface area contributed by atoms with E-state index in [2.05, 4.69) is 6.92 Å². The van der Waals surface area contributed by atoms with Crippen molar-refractivity contribution >= 4 is 10.1 Å². The minimum absolute atomic E-state index is 0.0462. The lowest BCUT2D eigenvalue weighted by molar-refractivity contribution is 0.406. The van der Waals surface area contributed by atoms with E-state index in [1.807, 2.05) is 6.07 Å². The van der Waals surface area contributed by atoms with Crippen molar-refractivity contribution in [2.45, 2.75) is 50.3 Å². The molecular formula is C19H24O5S. The molecular weight excluding hydrogens is 340 g/mol. The van der Waals surface area contributed by atoms with E-state index in [1.165, 1.54) is 43.5 Å². The molecule has 0 atom stereocenters. The minimum Gasteiger partial charge on any atom is -0.504 e. The molecule has 0 aliphatic carbocycles. The summed E-state index contributed by atoms with van der Waals surface area (Å²) in [6, 6.07) is 10.7. The maximum atomic E-state index is 11.1. The first kappa shape index (κ1) is 19.3. The number of hydrogen-bond donors (Lipinski definition) is 2. The summed E-state index contributed by atoms with van der Waals surface area (Å²) in [4.78, 5) is -0.201. The van der Waals surface area contributed by atoms with Gasteiger partial charge in [-0.1, -0.05) is 44.7 Å². The Morgan fingerprint density at radius 3 is 2.28 bits per heavy atom. The zero-order valence-electron chi connectivity index (χ0n) is 14.3. The predicted molar refractivity (Wildman–Crippen MR) is 96.9 cm³/mol. The summed E-state index contributed by atoms with van der Waals surface area (Å²) in [6.07, 6.45) is 6.57. The Morgan fingerprint density at radius 1 is 0.960 bits per heavy atom. The Morgan fingerprint density at radius 2 is 1.64 bits per heavy atom. The van der Waals surface area contributed by atoms with Gasteiger partial charge in [0.2, 0.25) is 0 Å². The summed E-state index contributed by atoms with van der Waals surface area (Å²) in [7, 11) is -4.23. The Labute approximate surface area is 149 Å². The number of rotatable bonds is 9. The van der Waals surface area contributed by atoms with E-state index in [1.54, 1.807) is 12.1 Å². The number of unbranched alkanes of at least 4 members (excludes halogenated alkanes) is 4. The average Bonchev–Trinajstić information content (AvgIpc) is 2.57. The van der Waals surface area contributed by atoms with Crippen molar-refractivity contribution in [1.29, 1.82) is 0 Å². The lowest BCUT2D eigenvalue weighted by atomic mass is 10.0. The first-order chi connectivity index (χ1) is 11.9. The van der Waals surface area contributed by atoms with Crippen LogP contribution in [0.3, 0.4) is 0 Å². The van der Waals surface area contributed by atoms with Crippen LogP contribution < -0.4 is 4.74 Å². The van der Waals surface area contributed by atoms with Crippen LogP contribution in [0.15, 0.2) is 47.4 Å². The average molecular weight is 364 g/mol. The smallest absolute Gasteiger partial charge is 0.294 e. The molecule has 0 aliphatic rings. The number of aryl methyl sites for hydroxylation is 1. The molecule has 2 N–H and O–H groups in total. The fourth-order valence-corrected chi connectivity index (χ4v) is 3.08. The van der Waals surface area contributed by atoms with Crippen LogP contribution in [0.4, 0.5) is 0 Å². The van der Waals surface area contributed by atoms with E-state index in [9.17, 15) is 13.5 Å². The van der Waals surface area contributed by atoms with Crippen molar-refractivity contribution in [1.82, 2.24) is 0 Å². The van der Waals surface area contributed by atoms with Crippen molar-refractivity contribution in [3.05, 3.63) is 48.0 Å². The fraction of sp³-hybridized carbons (Fsp3) is 0.368. The van der Waals surface area contributed by atoms with E-state index in [4.69, 9.17) is 9.29 Å². The van der Waals surface area contributed by atoms with Gasteiger partial charge in [0, 0.05) is 0 Å². The fourth-order valence-electron chi connectivity index (χ4n) is 2.60. The van der Waals surface area contributed by atoms with Crippen LogP contribution in [0.2, 0.25) is 0 Å². The highest BCUT2D eigenvalue weighted by molar-refractivity contribution is 7.85. The molecule has 2 rings (SSSR count). The first-order valence-corrected chi connectivity index (χ1v) is 9.92. The van der Waals surface area contributed by atoms with Crippen molar-refractivity contribution in [2.24, 2.45) is 0 Å². The summed E-state index contributed by atoms with van der Waals surface area (Å²) < 4.78 is 36.9. The van der Waals surface area contributed by atoms with Gasteiger partial charge in [-0.05, 0) is 48.7 Å². The molecule has 0 saturated carbocycles. The van der Waals surface area contributed by atoms with Crippen LogP contribution in [0.25, 0.3) is 0 Å². The van der Waals surface area contributed by atoms with Gasteiger partial charge in [-0.2, -0.15) is 8.42 Å². The quantitative estimate of drug-likeness (QED) is 0.486. The summed E-state index contributed by atoms with van der Waals surface area (Å²) in [5.74, 6) is 0.823. The Balaban J connectivity index is 2.10. The zero-order valence-corrected chi connectivity index (χ0v) is 15.1. The van der Waals surface area contributed by atoms with E-state index >= 15 is 0 Å². The highest BCUT2D eigenvalue weighted by Crippen LogP contribution is 2.35. The van der Waals surface area contributed by atoms with Crippen molar-refractivity contribution < 1.29 is 22.8 Å². The molecule has 0 amide bonds. The number of hydrogen-bond acceptors (Lipinski definition) is 4. The number of para-hydroxylation sites is 1. The molecule has 0 fully saturated rings. The zero-order chi connectivity index (χ0) is 18.3. The lowest BCUT2D eigenvalue weighted by Crippen LogP contribution is -1.98. The SMILES string of the molecule is CCCCCCCc1cccc(O)c1Oc1ccc(S(=O)(=O)O)cc1. The maximum Gasteiger partial charge on any atom is 0.294 e. The molecule has 0 spiro atoms. The number of phenols is 1. The van der Waals surface area contributed by atoms with Crippen molar-refractivity contribution in [2.75, 3.05) is 0 Å². The summed E-state index contributed by atoms with van der Waals surface area (Å²) in [6.45, 7) is 2.18. The van der Waals surface area contributed by atoms with Gasteiger partial charge >= 0.3 is 0 Å². The van der Waals surface area contributed by atoms with Gasteiger partial charge in [0.25, 0.3) is 10.1 Å². The largest absolute Gasteiger partial charge is 0.504 e. The van der Waals surface area contributed by atoms with Gasteiger partial charge < -0.3 is 9.84 Å². The molecule has 0 aliphatic heterocycles. The monoisotopic (exact) mass is 364 g/mol. The summed E-state index contributed by atoms with van der Waals surface area (Å²) >= 11 is 0. The second-order valence-corrected chi connectivity index (χ2v) is 7.40. The van der Waals surface area contributed by atoms with Gasteiger partial charge in [0.1, 0.15) is 5.75 Å². The Hall–Kier alpha value is -2.05. The highest BCUT2D eigenvalue weighted by atomic mass is 32.2. The molecule has 0 bridgehead atoms. The van der Waals surface area contributed by atoms with Crippen LogP contribution in [0, 0.1) is 0 Å². The van der Waals surface area contributed by atoms with E-state index < -0.39 is 10.1 Å². The number of benzene rings is 2. The molecule has 136 valence electrons. The molecule has 0 saturated heterocycles. The number of ether oxygens (including phenoxy) is 1. The second kappa shape index (κ2) is 8.87. The molecule has 0 aromatic heterocycles. The molecule has 0 unspecified atom stereocenters. The van der Waals surface area contributed by atoms with Crippen LogP contribution in [0.5, 0.6) is 17.2 Å². The minimum atomic E-state index is -4.23. The molecule has 0 radical (unpaired) electrons. The standard InChI is InChI=1S/C19H24O5S/c1-2-3-4-5-6-8-15-9-7-10-18(20)19(15)24-16-11-13-17(14-12-16)25(21,22)23/h7,9-14,20H,2-6,8H2,1H3,(H,21,22,23). The topological polar surface area (TPSA) is 83.8 Å². The number of phenolic OH excluding ortho intramolecular Hbond substituents is 1. The molecule has 2 aromatic carbocycles. The van der Waals surface area contributed by atoms with Crippen molar-refractivity contribution in [3.63, 3.8) is 0 Å². The van der Waals surface area contributed by atoms with Gasteiger partial charge in [-0.15, -0.1) is 0 Å². The molecule has 2 aromatic rings. The van der Waals surface area contributed by atoms with E-state index in [0.717, 1.165) is 24.8 Å². The normalized spacial score (nSPS) is 11.4. The molecule has 6 heteroatoms. The third-order valence-electron chi connectivity index (χ3n) is 3.97. The van der Waals surface area contributed by atoms with Crippen molar-refractivity contribution in [3.8, 4) is 17.2 Å². The summed E-state index contributed by atoms with van der Waals surface area (Å²) in [5.41, 5.74) is 0.912. The lowest BCUT2D eigenvalue weighted by Gasteiger charge is -2.13. The third-order valence-corrected chi connectivity index (χ3v) is 4.83. The van der Waals surface area contributed by atoms with Gasteiger partial charge in [0.05, 0.1) is 4.90 Å². The van der Waals surface area contributed by atoms with Crippen LogP contribution >= 0.6 is 0 Å². The maximum absolute atomic E-state index is 11.1. The summed E-state index contributed by atoms with van der Waals surface area (Å²) in [5, 5.41) is 10.1. The molecule has 0 heterocycles. The van der Waals surface area contributed by atoms with Gasteiger partial charge in [-0.3, -0.25) is 4.55 Å². The third kappa shape index (κ3) is 5.76. The molecule has 25 heavy (non-hydrogen) atoms. The van der Waals surface area contributed by atoms with Crippen LogP contribution in [-0.2, 0) is 16.5 Å². The number of aromatic hydroxyl groups is 1. The first-order valence-electron chi connectivity index (χ1n) is 8.48.